The number of carbonyl (C=O) groups is 2. The van der Waals surface area contributed by atoms with E-state index in [1.165, 1.54) is 0 Å². The molecular weight excluding hydrogens is 294 g/mol. The molecule has 5 heteroatoms. The van der Waals surface area contributed by atoms with Crippen LogP contribution >= 0.6 is 0 Å². The van der Waals surface area contributed by atoms with Crippen LogP contribution in [-0.4, -0.2) is 24.0 Å². The average Bonchev–Trinajstić information content (AvgIpc) is 2.55. The number of aryl methyl sites for hydroxylation is 1. The molecule has 0 bridgehead atoms. The van der Waals surface area contributed by atoms with E-state index >= 15 is 0 Å². The van der Waals surface area contributed by atoms with Crippen molar-refractivity contribution < 1.29 is 19.4 Å². The summed E-state index contributed by atoms with van der Waals surface area (Å²) in [5.41, 5.74) is 1.82. The number of methoxy groups -OCH3 is 1. The molecule has 0 atom stereocenters. The topological polar surface area (TPSA) is 75.6 Å². The second-order valence-electron chi connectivity index (χ2n) is 4.95. The van der Waals surface area contributed by atoms with Crippen LogP contribution in [0, 0.1) is 6.92 Å². The third kappa shape index (κ3) is 4.44. The maximum atomic E-state index is 12.2. The number of hydrogen-bond donors (Lipinski definition) is 2. The molecular formula is C18H17NO4. The maximum absolute atomic E-state index is 12.2. The molecule has 5 nitrogen and oxygen atoms in total. The molecule has 0 radical (unpaired) electrons. The predicted octanol–water partition coefficient (Wildman–Crippen LogP) is 3.27. The highest BCUT2D eigenvalue weighted by atomic mass is 16.5. The lowest BCUT2D eigenvalue weighted by Gasteiger charge is -2.08. The van der Waals surface area contributed by atoms with Crippen LogP contribution in [0.5, 0.6) is 5.75 Å². The summed E-state index contributed by atoms with van der Waals surface area (Å²) in [6.45, 7) is 1.91. The first kappa shape index (κ1) is 16.3. The van der Waals surface area contributed by atoms with Gasteiger partial charge in [0.15, 0.2) is 5.78 Å². The number of hydrogen-bond acceptors (Lipinski definition) is 4. The maximum Gasteiger partial charge on any atom is 0.352 e. The van der Waals surface area contributed by atoms with E-state index in [0.29, 0.717) is 17.0 Å². The zero-order chi connectivity index (χ0) is 16.8. The normalized spacial score (nSPS) is 11.0. The predicted molar refractivity (Wildman–Crippen MR) is 87.8 cm³/mol. The number of aliphatic carboxylic acids is 1. The molecule has 0 aliphatic carbocycles. The van der Waals surface area contributed by atoms with Crippen molar-refractivity contribution in [1.82, 2.24) is 0 Å². The van der Waals surface area contributed by atoms with Gasteiger partial charge in [-0.3, -0.25) is 4.79 Å². The Labute approximate surface area is 134 Å². The molecule has 0 aromatic heterocycles. The first-order chi connectivity index (χ1) is 11.0. The number of benzene rings is 2. The molecule has 2 aromatic rings. The number of carbonyl (C=O) groups excluding carboxylic acids is 1. The molecule has 0 aliphatic heterocycles. The molecule has 2 aromatic carbocycles. The SMILES string of the molecule is COc1ccc(N/C(=C\C(=O)c2ccc(C)cc2)C(=O)O)cc1. The van der Waals surface area contributed by atoms with Crippen LogP contribution in [0.3, 0.4) is 0 Å². The van der Waals surface area contributed by atoms with Crippen LogP contribution < -0.4 is 10.1 Å². The molecule has 2 N–H and O–H groups in total. The van der Waals surface area contributed by atoms with Gasteiger partial charge in [-0.05, 0) is 31.2 Å². The summed E-state index contributed by atoms with van der Waals surface area (Å²) in [6.07, 6.45) is 1.08. The number of anilines is 1. The molecule has 2 rings (SSSR count). The quantitative estimate of drug-likeness (QED) is 0.632. The van der Waals surface area contributed by atoms with Gasteiger partial charge in [-0.15, -0.1) is 0 Å². The summed E-state index contributed by atoms with van der Waals surface area (Å²) < 4.78 is 5.04. The average molecular weight is 311 g/mol. The molecule has 0 fully saturated rings. The van der Waals surface area contributed by atoms with E-state index in [1.807, 2.05) is 6.92 Å². The molecule has 0 amide bonds. The van der Waals surface area contributed by atoms with Gasteiger partial charge in [-0.25, -0.2) is 4.79 Å². The molecule has 0 saturated carbocycles. The van der Waals surface area contributed by atoms with Gasteiger partial charge in [0.2, 0.25) is 0 Å². The van der Waals surface area contributed by atoms with Gasteiger partial charge >= 0.3 is 5.97 Å². The molecule has 0 unspecified atom stereocenters. The number of carboxylic acid groups (broad SMARTS) is 1. The standard InChI is InChI=1S/C18H17NO4/c1-12-3-5-13(6-4-12)17(20)11-16(18(21)22)19-14-7-9-15(23-2)10-8-14/h3-11,19H,1-2H3,(H,21,22)/b16-11-. The monoisotopic (exact) mass is 311 g/mol. The lowest BCUT2D eigenvalue weighted by Crippen LogP contribution is -2.13. The number of rotatable bonds is 6. The van der Waals surface area contributed by atoms with E-state index in [1.54, 1.807) is 55.6 Å². The fourth-order valence-electron chi connectivity index (χ4n) is 1.91. The van der Waals surface area contributed by atoms with Gasteiger partial charge in [0, 0.05) is 17.3 Å². The van der Waals surface area contributed by atoms with Crippen LogP contribution in [-0.2, 0) is 4.79 Å². The van der Waals surface area contributed by atoms with Crippen LogP contribution in [0.2, 0.25) is 0 Å². The number of ketones is 1. The van der Waals surface area contributed by atoms with Gasteiger partial charge in [0.1, 0.15) is 11.4 Å². The van der Waals surface area contributed by atoms with E-state index in [4.69, 9.17) is 4.74 Å². The Kier molecular flexibility index (Phi) is 5.15. The van der Waals surface area contributed by atoms with Crippen molar-refractivity contribution in [3.63, 3.8) is 0 Å². The molecule has 118 valence electrons. The first-order valence-electron chi connectivity index (χ1n) is 6.96. The molecule has 0 aliphatic rings. The Hall–Kier alpha value is -3.08. The summed E-state index contributed by atoms with van der Waals surface area (Å²) in [6, 6.07) is 13.7. The number of nitrogens with one attached hydrogen (secondary N) is 1. The van der Waals surface area contributed by atoms with Gasteiger partial charge in [0.05, 0.1) is 7.11 Å². The van der Waals surface area contributed by atoms with Crippen LogP contribution in [0.1, 0.15) is 15.9 Å². The first-order valence-corrected chi connectivity index (χ1v) is 6.96. The van der Waals surface area contributed by atoms with Crippen molar-refractivity contribution in [3.05, 3.63) is 71.4 Å². The van der Waals surface area contributed by atoms with E-state index < -0.39 is 5.97 Å². The van der Waals surface area contributed by atoms with E-state index in [9.17, 15) is 14.7 Å². The molecule has 0 saturated heterocycles. The summed E-state index contributed by atoms with van der Waals surface area (Å²) >= 11 is 0. The highest BCUT2D eigenvalue weighted by Gasteiger charge is 2.12. The number of carboxylic acids is 1. The van der Waals surface area contributed by atoms with E-state index in [2.05, 4.69) is 5.32 Å². The van der Waals surface area contributed by atoms with Crippen LogP contribution in [0.25, 0.3) is 0 Å². The largest absolute Gasteiger partial charge is 0.497 e. The van der Waals surface area contributed by atoms with Crippen LogP contribution in [0.4, 0.5) is 5.69 Å². The summed E-state index contributed by atoms with van der Waals surface area (Å²) in [7, 11) is 1.55. The Balaban J connectivity index is 2.21. The third-order valence-corrected chi connectivity index (χ3v) is 3.21. The van der Waals surface area contributed by atoms with Gasteiger partial charge in [-0.1, -0.05) is 29.8 Å². The third-order valence-electron chi connectivity index (χ3n) is 3.21. The zero-order valence-corrected chi connectivity index (χ0v) is 12.9. The Morgan fingerprint density at radius 3 is 2.17 bits per heavy atom. The highest BCUT2D eigenvalue weighted by Crippen LogP contribution is 2.17. The minimum Gasteiger partial charge on any atom is -0.497 e. The van der Waals surface area contributed by atoms with Crippen molar-refractivity contribution in [1.29, 1.82) is 0 Å². The summed E-state index contributed by atoms with van der Waals surface area (Å²) in [4.78, 5) is 23.5. The second kappa shape index (κ2) is 7.26. The zero-order valence-electron chi connectivity index (χ0n) is 12.9. The summed E-state index contributed by atoms with van der Waals surface area (Å²) in [5.74, 6) is -0.920. The molecule has 0 heterocycles. The Bertz CT molecular complexity index is 731. The molecule has 0 spiro atoms. The minimum absolute atomic E-state index is 0.194. The second-order valence-corrected chi connectivity index (χ2v) is 4.95. The number of ether oxygens (including phenoxy) is 1. The van der Waals surface area contributed by atoms with Crippen molar-refractivity contribution in [3.8, 4) is 5.75 Å². The fourth-order valence-corrected chi connectivity index (χ4v) is 1.91. The van der Waals surface area contributed by atoms with E-state index in [0.717, 1.165) is 11.6 Å². The van der Waals surface area contributed by atoms with Crippen LogP contribution in [0.15, 0.2) is 60.3 Å². The minimum atomic E-state index is -1.21. The van der Waals surface area contributed by atoms with Gasteiger partial charge in [-0.2, -0.15) is 0 Å². The smallest absolute Gasteiger partial charge is 0.352 e. The lowest BCUT2D eigenvalue weighted by atomic mass is 10.1. The van der Waals surface area contributed by atoms with Crippen molar-refractivity contribution in [2.75, 3.05) is 12.4 Å². The summed E-state index contributed by atoms with van der Waals surface area (Å²) in [5, 5.41) is 12.0. The van der Waals surface area contributed by atoms with Gasteiger partial charge < -0.3 is 15.2 Å². The Morgan fingerprint density at radius 2 is 1.65 bits per heavy atom. The Morgan fingerprint density at radius 1 is 1.04 bits per heavy atom. The van der Waals surface area contributed by atoms with E-state index in [-0.39, 0.29) is 11.5 Å². The van der Waals surface area contributed by atoms with Crippen molar-refractivity contribution >= 4 is 17.4 Å². The molecule has 23 heavy (non-hydrogen) atoms. The van der Waals surface area contributed by atoms with Gasteiger partial charge in [0.25, 0.3) is 0 Å². The fraction of sp³-hybridized carbons (Fsp3) is 0.111. The van der Waals surface area contributed by atoms with Crippen molar-refractivity contribution in [2.45, 2.75) is 6.92 Å². The highest BCUT2D eigenvalue weighted by molar-refractivity contribution is 6.09. The lowest BCUT2D eigenvalue weighted by molar-refractivity contribution is -0.132. The number of allylic oxidation sites excluding steroid dienone is 1. The van der Waals surface area contributed by atoms with Crippen molar-refractivity contribution in [2.24, 2.45) is 0 Å².